The fraction of sp³-hybridized carbons (Fsp3) is 0.429. The van der Waals surface area contributed by atoms with E-state index >= 15 is 0 Å². The molecule has 0 fully saturated rings. The van der Waals surface area contributed by atoms with Crippen LogP contribution in [0.15, 0.2) is 24.3 Å². The molecule has 1 aromatic rings. The van der Waals surface area contributed by atoms with Gasteiger partial charge < -0.3 is 10.6 Å². The molecule has 18 heavy (non-hydrogen) atoms. The summed E-state index contributed by atoms with van der Waals surface area (Å²) in [4.78, 5) is 22.7. The van der Waals surface area contributed by atoms with Gasteiger partial charge in [0.15, 0.2) is 0 Å². The van der Waals surface area contributed by atoms with Gasteiger partial charge in [-0.25, -0.2) is 0 Å². The van der Waals surface area contributed by atoms with Crippen molar-refractivity contribution in [1.82, 2.24) is 5.32 Å². The van der Waals surface area contributed by atoms with Crippen LogP contribution in [0.25, 0.3) is 0 Å². The highest BCUT2D eigenvalue weighted by molar-refractivity contribution is 5.95. The van der Waals surface area contributed by atoms with Crippen molar-refractivity contribution in [2.45, 2.75) is 33.1 Å². The van der Waals surface area contributed by atoms with Gasteiger partial charge in [-0.1, -0.05) is 39.0 Å². The lowest BCUT2D eigenvalue weighted by atomic mass is 10.0. The van der Waals surface area contributed by atoms with Gasteiger partial charge in [0.05, 0.1) is 6.54 Å². The minimum Gasteiger partial charge on any atom is -0.347 e. The molecule has 4 heteroatoms. The molecule has 0 radical (unpaired) electrons. The number of rotatable bonds is 5. The zero-order chi connectivity index (χ0) is 13.5. The van der Waals surface area contributed by atoms with Crippen molar-refractivity contribution in [2.75, 3.05) is 11.9 Å². The molecule has 0 saturated carbocycles. The Morgan fingerprint density at radius 3 is 2.44 bits per heavy atom. The SMILES string of the molecule is CCC(=O)NCC(=O)Nc1ccccc1C(C)C. The van der Waals surface area contributed by atoms with E-state index in [1.807, 2.05) is 24.3 Å². The number of para-hydroxylation sites is 1. The number of benzene rings is 1. The number of hydrogen-bond acceptors (Lipinski definition) is 2. The molecule has 0 unspecified atom stereocenters. The fourth-order valence-electron chi connectivity index (χ4n) is 1.61. The summed E-state index contributed by atoms with van der Waals surface area (Å²) in [5.41, 5.74) is 1.90. The molecule has 4 nitrogen and oxygen atoms in total. The summed E-state index contributed by atoms with van der Waals surface area (Å²) < 4.78 is 0. The monoisotopic (exact) mass is 248 g/mol. The zero-order valence-corrected chi connectivity index (χ0v) is 11.1. The van der Waals surface area contributed by atoms with Gasteiger partial charge in [-0.05, 0) is 17.5 Å². The standard InChI is InChI=1S/C14H20N2O2/c1-4-13(17)15-9-14(18)16-12-8-6-5-7-11(12)10(2)3/h5-8,10H,4,9H2,1-3H3,(H,15,17)(H,16,18). The molecule has 0 aliphatic rings. The van der Waals surface area contributed by atoms with Gasteiger partial charge in [0.1, 0.15) is 0 Å². The summed E-state index contributed by atoms with van der Waals surface area (Å²) in [5.74, 6) is 0.0129. The van der Waals surface area contributed by atoms with Crippen LogP contribution in [-0.2, 0) is 9.59 Å². The molecule has 0 bridgehead atoms. The maximum absolute atomic E-state index is 11.7. The van der Waals surface area contributed by atoms with Crippen LogP contribution in [0.3, 0.4) is 0 Å². The number of amides is 2. The van der Waals surface area contributed by atoms with E-state index in [0.717, 1.165) is 11.3 Å². The summed E-state index contributed by atoms with van der Waals surface area (Å²) in [6.45, 7) is 5.91. The molecular weight excluding hydrogens is 228 g/mol. The first-order chi connectivity index (χ1) is 8.54. The minimum atomic E-state index is -0.204. The van der Waals surface area contributed by atoms with Crippen LogP contribution in [0.5, 0.6) is 0 Å². The largest absolute Gasteiger partial charge is 0.347 e. The molecule has 1 rings (SSSR count). The first kappa shape index (κ1) is 14.2. The van der Waals surface area contributed by atoms with Crippen LogP contribution in [0, 0.1) is 0 Å². The zero-order valence-electron chi connectivity index (χ0n) is 11.1. The Bertz CT molecular complexity index is 428. The van der Waals surface area contributed by atoms with Crippen molar-refractivity contribution in [3.05, 3.63) is 29.8 Å². The quantitative estimate of drug-likeness (QED) is 0.839. The molecule has 0 aliphatic carbocycles. The van der Waals surface area contributed by atoms with Crippen molar-refractivity contribution < 1.29 is 9.59 Å². The summed E-state index contributed by atoms with van der Waals surface area (Å²) in [6, 6.07) is 7.69. The number of carbonyl (C=O) groups is 2. The molecule has 1 aromatic carbocycles. The van der Waals surface area contributed by atoms with Crippen molar-refractivity contribution in [2.24, 2.45) is 0 Å². The van der Waals surface area contributed by atoms with Crippen LogP contribution in [0.1, 0.15) is 38.7 Å². The summed E-state index contributed by atoms with van der Waals surface area (Å²) in [6.07, 6.45) is 0.385. The van der Waals surface area contributed by atoms with E-state index in [1.54, 1.807) is 6.92 Å². The van der Waals surface area contributed by atoms with E-state index in [1.165, 1.54) is 0 Å². The lowest BCUT2D eigenvalue weighted by Gasteiger charge is -2.13. The van der Waals surface area contributed by atoms with E-state index in [-0.39, 0.29) is 18.4 Å². The predicted octanol–water partition coefficient (Wildman–Crippen LogP) is 2.27. The number of anilines is 1. The number of hydrogen-bond donors (Lipinski definition) is 2. The first-order valence-electron chi connectivity index (χ1n) is 6.20. The van der Waals surface area contributed by atoms with Crippen LogP contribution in [0.2, 0.25) is 0 Å². The molecule has 0 saturated heterocycles. The van der Waals surface area contributed by atoms with Crippen molar-refractivity contribution in [1.29, 1.82) is 0 Å². The number of nitrogens with one attached hydrogen (secondary N) is 2. The van der Waals surface area contributed by atoms with Gasteiger partial charge in [0.2, 0.25) is 11.8 Å². The van der Waals surface area contributed by atoms with Crippen LogP contribution < -0.4 is 10.6 Å². The Kier molecular flexibility index (Phi) is 5.36. The summed E-state index contributed by atoms with van der Waals surface area (Å²) >= 11 is 0. The highest BCUT2D eigenvalue weighted by Gasteiger charge is 2.09. The van der Waals surface area contributed by atoms with E-state index in [2.05, 4.69) is 24.5 Å². The molecular formula is C14H20N2O2. The second-order valence-corrected chi connectivity index (χ2v) is 4.42. The average Bonchev–Trinajstić information content (AvgIpc) is 2.36. The second-order valence-electron chi connectivity index (χ2n) is 4.42. The third kappa shape index (κ3) is 4.20. The second kappa shape index (κ2) is 6.79. The van der Waals surface area contributed by atoms with Crippen LogP contribution >= 0.6 is 0 Å². The van der Waals surface area contributed by atoms with Crippen molar-refractivity contribution in [3.63, 3.8) is 0 Å². The lowest BCUT2D eigenvalue weighted by Crippen LogP contribution is -2.32. The van der Waals surface area contributed by atoms with E-state index < -0.39 is 0 Å². The Labute approximate surface area is 108 Å². The van der Waals surface area contributed by atoms with Crippen LogP contribution in [-0.4, -0.2) is 18.4 Å². The Balaban J connectivity index is 2.62. The Morgan fingerprint density at radius 2 is 1.83 bits per heavy atom. The molecule has 0 aromatic heterocycles. The lowest BCUT2D eigenvalue weighted by molar-refractivity contribution is -0.123. The minimum absolute atomic E-state index is 0.0130. The average molecular weight is 248 g/mol. The van der Waals surface area contributed by atoms with Crippen LogP contribution in [0.4, 0.5) is 5.69 Å². The third-order valence-corrected chi connectivity index (χ3v) is 2.62. The molecule has 2 amide bonds. The smallest absolute Gasteiger partial charge is 0.243 e. The fourth-order valence-corrected chi connectivity index (χ4v) is 1.61. The molecule has 98 valence electrons. The third-order valence-electron chi connectivity index (χ3n) is 2.62. The first-order valence-corrected chi connectivity index (χ1v) is 6.20. The maximum Gasteiger partial charge on any atom is 0.243 e. The molecule has 0 spiro atoms. The van der Waals surface area contributed by atoms with E-state index in [0.29, 0.717) is 12.3 Å². The molecule has 0 atom stereocenters. The van der Waals surface area contributed by atoms with Gasteiger partial charge in [0, 0.05) is 12.1 Å². The van der Waals surface area contributed by atoms with Crippen molar-refractivity contribution >= 4 is 17.5 Å². The Hall–Kier alpha value is -1.84. The van der Waals surface area contributed by atoms with E-state index in [9.17, 15) is 9.59 Å². The predicted molar refractivity (Wildman–Crippen MR) is 72.5 cm³/mol. The molecule has 0 aliphatic heterocycles. The normalized spacial score (nSPS) is 10.2. The van der Waals surface area contributed by atoms with Gasteiger partial charge >= 0.3 is 0 Å². The molecule has 0 heterocycles. The Morgan fingerprint density at radius 1 is 1.17 bits per heavy atom. The summed E-state index contributed by atoms with van der Waals surface area (Å²) in [7, 11) is 0. The topological polar surface area (TPSA) is 58.2 Å². The molecule has 2 N–H and O–H groups in total. The highest BCUT2D eigenvalue weighted by Crippen LogP contribution is 2.23. The van der Waals surface area contributed by atoms with Gasteiger partial charge in [0.25, 0.3) is 0 Å². The van der Waals surface area contributed by atoms with Gasteiger partial charge in [-0.15, -0.1) is 0 Å². The number of carbonyl (C=O) groups excluding carboxylic acids is 2. The van der Waals surface area contributed by atoms with E-state index in [4.69, 9.17) is 0 Å². The van der Waals surface area contributed by atoms with Gasteiger partial charge in [-0.3, -0.25) is 9.59 Å². The summed E-state index contributed by atoms with van der Waals surface area (Å²) in [5, 5.41) is 5.37. The maximum atomic E-state index is 11.7. The van der Waals surface area contributed by atoms with Crippen molar-refractivity contribution in [3.8, 4) is 0 Å². The van der Waals surface area contributed by atoms with Gasteiger partial charge in [-0.2, -0.15) is 0 Å². The highest BCUT2D eigenvalue weighted by atomic mass is 16.2.